The molecule has 0 aliphatic rings. The summed E-state index contributed by atoms with van der Waals surface area (Å²) in [6.45, 7) is 0. The van der Waals surface area contributed by atoms with Gasteiger partial charge in [-0.2, -0.15) is 5.10 Å². The predicted octanol–water partition coefficient (Wildman–Crippen LogP) is 2.33. The first-order valence-corrected chi connectivity index (χ1v) is 5.30. The Morgan fingerprint density at radius 1 is 0.941 bits per heavy atom. The van der Waals surface area contributed by atoms with Gasteiger partial charge in [-0.3, -0.25) is 0 Å². The number of pyridine rings is 1. The quantitative estimate of drug-likeness (QED) is 0.668. The molecule has 0 atom stereocenters. The topological polar surface area (TPSA) is 43.6 Å². The molecule has 4 nitrogen and oxygen atoms in total. The lowest BCUT2D eigenvalue weighted by Gasteiger charge is -2.03. The second kappa shape index (κ2) is 4.17. The van der Waals surface area contributed by atoms with Gasteiger partial charge in [0.25, 0.3) is 0 Å². The Morgan fingerprint density at radius 2 is 1.82 bits per heavy atom. The molecule has 0 unspecified atom stereocenters. The summed E-state index contributed by atoms with van der Waals surface area (Å²) in [6.07, 6.45) is 4.91. The molecule has 1 aromatic carbocycles. The molecule has 0 saturated heterocycles. The lowest BCUT2D eigenvalue weighted by Crippen LogP contribution is -1.97. The highest BCUT2D eigenvalue weighted by atomic mass is 15.3. The van der Waals surface area contributed by atoms with E-state index >= 15 is 0 Å². The van der Waals surface area contributed by atoms with E-state index in [9.17, 15) is 0 Å². The fourth-order valence-electron chi connectivity index (χ4n) is 1.68. The Bertz CT molecular complexity index is 602. The van der Waals surface area contributed by atoms with Crippen molar-refractivity contribution in [3.63, 3.8) is 0 Å². The third-order valence-corrected chi connectivity index (χ3v) is 2.51. The molecule has 3 rings (SSSR count). The van der Waals surface area contributed by atoms with E-state index < -0.39 is 0 Å². The van der Waals surface area contributed by atoms with Gasteiger partial charge in [-0.1, -0.05) is 30.3 Å². The van der Waals surface area contributed by atoms with Crippen LogP contribution in [0.25, 0.3) is 16.9 Å². The van der Waals surface area contributed by atoms with Crippen molar-refractivity contribution in [3.8, 4) is 16.9 Å². The molecule has 0 fully saturated rings. The van der Waals surface area contributed by atoms with E-state index in [4.69, 9.17) is 0 Å². The molecule has 0 aliphatic heterocycles. The normalized spacial score (nSPS) is 10.4. The van der Waals surface area contributed by atoms with Gasteiger partial charge in [0.05, 0.1) is 0 Å². The second-order valence-corrected chi connectivity index (χ2v) is 3.61. The van der Waals surface area contributed by atoms with E-state index in [2.05, 4.69) is 27.2 Å². The summed E-state index contributed by atoms with van der Waals surface area (Å²) in [7, 11) is 0. The van der Waals surface area contributed by atoms with E-state index in [-0.39, 0.29) is 0 Å². The summed E-state index contributed by atoms with van der Waals surface area (Å²) in [4.78, 5) is 8.18. The van der Waals surface area contributed by atoms with Gasteiger partial charge >= 0.3 is 0 Å². The van der Waals surface area contributed by atoms with Gasteiger partial charge in [0, 0.05) is 6.20 Å². The minimum absolute atomic E-state index is 0.767. The average molecular weight is 222 g/mol. The molecule has 3 aromatic rings. The molecule has 17 heavy (non-hydrogen) atoms. The van der Waals surface area contributed by atoms with Crippen LogP contribution in [-0.2, 0) is 0 Å². The van der Waals surface area contributed by atoms with Crippen LogP contribution in [0.1, 0.15) is 0 Å². The van der Waals surface area contributed by atoms with Gasteiger partial charge in [0.15, 0.2) is 5.82 Å². The molecule has 2 aromatic heterocycles. The van der Waals surface area contributed by atoms with Gasteiger partial charge in [-0.25, -0.2) is 14.6 Å². The van der Waals surface area contributed by atoms with Crippen LogP contribution in [0.5, 0.6) is 0 Å². The standard InChI is InChI=1S/C13H10N4/c1-2-4-11(5-3-1)12-6-7-15-13(8-12)17-10-14-9-16-17/h1-10H. The third-order valence-electron chi connectivity index (χ3n) is 2.51. The highest BCUT2D eigenvalue weighted by Crippen LogP contribution is 2.19. The number of nitrogens with zero attached hydrogens (tertiary/aromatic N) is 4. The monoisotopic (exact) mass is 222 g/mol. The predicted molar refractivity (Wildman–Crippen MR) is 64.6 cm³/mol. The lowest BCUT2D eigenvalue weighted by atomic mass is 10.1. The first kappa shape index (κ1) is 9.72. The van der Waals surface area contributed by atoms with Crippen LogP contribution in [0.3, 0.4) is 0 Å². The van der Waals surface area contributed by atoms with Crippen LogP contribution in [0, 0.1) is 0 Å². The van der Waals surface area contributed by atoms with Crippen LogP contribution in [0.2, 0.25) is 0 Å². The number of hydrogen-bond donors (Lipinski definition) is 0. The fraction of sp³-hybridized carbons (Fsp3) is 0. The molecule has 0 radical (unpaired) electrons. The molecule has 82 valence electrons. The molecular formula is C13H10N4. The summed E-state index contributed by atoms with van der Waals surface area (Å²) >= 11 is 0. The zero-order chi connectivity index (χ0) is 11.5. The van der Waals surface area contributed by atoms with Gasteiger partial charge in [0.2, 0.25) is 0 Å². The highest BCUT2D eigenvalue weighted by molar-refractivity contribution is 5.64. The molecule has 0 aliphatic carbocycles. The zero-order valence-electron chi connectivity index (χ0n) is 9.06. The molecule has 0 spiro atoms. The first-order valence-electron chi connectivity index (χ1n) is 5.30. The van der Waals surface area contributed by atoms with Crippen LogP contribution in [-0.4, -0.2) is 19.7 Å². The van der Waals surface area contributed by atoms with E-state index in [0.717, 1.165) is 16.9 Å². The van der Waals surface area contributed by atoms with Gasteiger partial charge in [0.1, 0.15) is 12.7 Å². The van der Waals surface area contributed by atoms with Gasteiger partial charge < -0.3 is 0 Å². The molecule has 0 amide bonds. The second-order valence-electron chi connectivity index (χ2n) is 3.61. The Morgan fingerprint density at radius 3 is 2.59 bits per heavy atom. The Kier molecular flexibility index (Phi) is 2.38. The van der Waals surface area contributed by atoms with Crippen molar-refractivity contribution < 1.29 is 0 Å². The van der Waals surface area contributed by atoms with Crippen LogP contribution in [0.4, 0.5) is 0 Å². The summed E-state index contributed by atoms with van der Waals surface area (Å²) in [5.74, 6) is 0.767. The van der Waals surface area contributed by atoms with Gasteiger partial charge in [-0.15, -0.1) is 0 Å². The highest BCUT2D eigenvalue weighted by Gasteiger charge is 2.01. The van der Waals surface area contributed by atoms with Crippen molar-refractivity contribution in [1.29, 1.82) is 0 Å². The number of hydrogen-bond acceptors (Lipinski definition) is 3. The van der Waals surface area contributed by atoms with E-state index in [1.54, 1.807) is 17.2 Å². The maximum atomic E-state index is 4.27. The van der Waals surface area contributed by atoms with Crippen molar-refractivity contribution in [1.82, 2.24) is 19.7 Å². The van der Waals surface area contributed by atoms with Crippen molar-refractivity contribution >= 4 is 0 Å². The summed E-state index contributed by atoms with van der Waals surface area (Å²) in [5.41, 5.74) is 2.28. The van der Waals surface area contributed by atoms with E-state index in [0.29, 0.717) is 0 Å². The molecule has 4 heteroatoms. The Labute approximate surface area is 98.6 Å². The molecule has 0 saturated carbocycles. The summed E-state index contributed by atoms with van der Waals surface area (Å²) < 4.78 is 1.65. The summed E-state index contributed by atoms with van der Waals surface area (Å²) in [5, 5.41) is 4.06. The maximum Gasteiger partial charge on any atom is 0.155 e. The Balaban J connectivity index is 2.06. The SMILES string of the molecule is c1ccc(-c2ccnc(-n3cncn3)c2)cc1. The van der Waals surface area contributed by atoms with Crippen LogP contribution in [0.15, 0.2) is 61.3 Å². The lowest BCUT2D eigenvalue weighted by molar-refractivity contribution is 0.846. The van der Waals surface area contributed by atoms with Crippen molar-refractivity contribution in [2.75, 3.05) is 0 Å². The first-order chi connectivity index (χ1) is 8.43. The van der Waals surface area contributed by atoms with Gasteiger partial charge in [-0.05, 0) is 23.3 Å². The van der Waals surface area contributed by atoms with E-state index in [1.165, 1.54) is 6.33 Å². The van der Waals surface area contributed by atoms with E-state index in [1.807, 2.05) is 30.3 Å². The minimum Gasteiger partial charge on any atom is -0.237 e. The molecule has 2 heterocycles. The number of benzene rings is 1. The zero-order valence-corrected chi connectivity index (χ0v) is 9.06. The number of aromatic nitrogens is 4. The smallest absolute Gasteiger partial charge is 0.155 e. The molecule has 0 bridgehead atoms. The largest absolute Gasteiger partial charge is 0.237 e. The maximum absolute atomic E-state index is 4.27. The minimum atomic E-state index is 0.767. The molecule has 0 N–H and O–H groups in total. The third kappa shape index (κ3) is 1.92. The fourth-order valence-corrected chi connectivity index (χ4v) is 1.68. The molecular weight excluding hydrogens is 212 g/mol. The average Bonchev–Trinajstić information content (AvgIpc) is 2.94. The van der Waals surface area contributed by atoms with Crippen molar-refractivity contribution in [2.45, 2.75) is 0 Å². The Hall–Kier alpha value is -2.49. The summed E-state index contributed by atoms with van der Waals surface area (Å²) in [6, 6.07) is 14.2. The van der Waals surface area contributed by atoms with Crippen molar-refractivity contribution in [3.05, 3.63) is 61.3 Å². The number of rotatable bonds is 2. The van der Waals surface area contributed by atoms with Crippen LogP contribution >= 0.6 is 0 Å². The van der Waals surface area contributed by atoms with Crippen molar-refractivity contribution in [2.24, 2.45) is 0 Å². The van der Waals surface area contributed by atoms with Crippen LogP contribution < -0.4 is 0 Å².